The van der Waals surface area contributed by atoms with Gasteiger partial charge in [-0.25, -0.2) is 0 Å². The molecular weight excluding hydrogens is 302 g/mol. The number of hydrogen-bond acceptors (Lipinski definition) is 1. The molecular formula is C24H31N. The average molecular weight is 334 g/mol. The van der Waals surface area contributed by atoms with E-state index in [0.29, 0.717) is 5.71 Å². The molecule has 1 rings (SSSR count). The van der Waals surface area contributed by atoms with Gasteiger partial charge in [0.25, 0.3) is 0 Å². The summed E-state index contributed by atoms with van der Waals surface area (Å²) in [5.41, 5.74) is 6.90. The van der Waals surface area contributed by atoms with Gasteiger partial charge in [-0.2, -0.15) is 0 Å². The highest BCUT2D eigenvalue weighted by Crippen LogP contribution is 2.59. The van der Waals surface area contributed by atoms with Crippen LogP contribution < -0.4 is 0 Å². The van der Waals surface area contributed by atoms with Crippen LogP contribution >= 0.6 is 0 Å². The number of rotatable bonds is 8. The zero-order chi connectivity index (χ0) is 19.2. The molecule has 0 aromatic heterocycles. The maximum atomic E-state index is 8.87. The van der Waals surface area contributed by atoms with Gasteiger partial charge in [0.2, 0.25) is 0 Å². The van der Waals surface area contributed by atoms with Crippen molar-refractivity contribution in [1.29, 1.82) is 5.41 Å². The lowest BCUT2D eigenvalue weighted by Crippen LogP contribution is -2.13. The van der Waals surface area contributed by atoms with Gasteiger partial charge in [-0.15, -0.1) is 0 Å². The summed E-state index contributed by atoms with van der Waals surface area (Å²) in [6.45, 7) is 22.0. The second-order valence-corrected chi connectivity index (χ2v) is 6.92. The van der Waals surface area contributed by atoms with Crippen LogP contribution in [0, 0.1) is 10.8 Å². The molecule has 1 nitrogen and oxygen atoms in total. The number of allylic oxidation sites excluding steroid dienone is 13. The Kier molecular flexibility index (Phi) is 7.11. The highest BCUT2D eigenvalue weighted by molar-refractivity contribution is 6.15. The standard InChI is InChI=1S/C24H31N/c1-9-12-21(22(13-10-2)24(8)16-19(24)11-3)23(25)20(18(6)7)15-14-17(4)5/h9-15,25H,1-2,4,16H2,3,5-8H3/b15-14-,19-11+,21-12+,22-13+,25-23?. The van der Waals surface area contributed by atoms with Crippen LogP contribution in [0.5, 0.6) is 0 Å². The van der Waals surface area contributed by atoms with Gasteiger partial charge in [-0.05, 0) is 45.3 Å². The zero-order valence-corrected chi connectivity index (χ0v) is 16.4. The number of nitrogens with one attached hydrogen (secondary N) is 1. The molecule has 0 amide bonds. The first-order valence-electron chi connectivity index (χ1n) is 8.65. The highest BCUT2D eigenvalue weighted by Gasteiger charge is 2.47. The fourth-order valence-electron chi connectivity index (χ4n) is 3.01. The summed E-state index contributed by atoms with van der Waals surface area (Å²) < 4.78 is 0. The van der Waals surface area contributed by atoms with Gasteiger partial charge in [0, 0.05) is 11.0 Å². The third kappa shape index (κ3) is 4.79. The predicted octanol–water partition coefficient (Wildman–Crippen LogP) is 7.06. The molecule has 0 aliphatic heterocycles. The normalized spacial score (nSPS) is 22.0. The SMILES string of the molecule is C=C/C=C(\C(=C/C=C)C(=N)C(/C=C\C(=C)C)=C(C)C)C1(C)C/C1=C\C. The minimum atomic E-state index is -0.0189. The highest BCUT2D eigenvalue weighted by atomic mass is 14.5. The smallest absolute Gasteiger partial charge is 0.0686 e. The molecule has 0 saturated heterocycles. The Labute approximate surface area is 153 Å². The molecule has 0 bridgehead atoms. The molecule has 1 saturated carbocycles. The van der Waals surface area contributed by atoms with Crippen molar-refractivity contribution in [3.8, 4) is 0 Å². The van der Waals surface area contributed by atoms with Gasteiger partial charge in [0.15, 0.2) is 0 Å². The summed E-state index contributed by atoms with van der Waals surface area (Å²) in [6.07, 6.45) is 14.7. The van der Waals surface area contributed by atoms with E-state index in [2.05, 4.69) is 39.7 Å². The molecule has 1 N–H and O–H groups in total. The van der Waals surface area contributed by atoms with E-state index in [-0.39, 0.29) is 5.41 Å². The Bertz CT molecular complexity index is 743. The molecule has 0 radical (unpaired) electrons. The summed E-state index contributed by atoms with van der Waals surface area (Å²) in [6, 6.07) is 0. The van der Waals surface area contributed by atoms with Gasteiger partial charge in [0.1, 0.15) is 0 Å². The molecule has 1 atom stereocenters. The lowest BCUT2D eigenvalue weighted by Gasteiger charge is -2.20. The molecule has 0 aromatic carbocycles. The van der Waals surface area contributed by atoms with E-state index in [1.54, 1.807) is 6.08 Å². The van der Waals surface area contributed by atoms with Crippen molar-refractivity contribution < 1.29 is 0 Å². The van der Waals surface area contributed by atoms with Gasteiger partial charge < -0.3 is 0 Å². The quantitative estimate of drug-likeness (QED) is 0.279. The second-order valence-electron chi connectivity index (χ2n) is 6.92. The fourth-order valence-corrected chi connectivity index (χ4v) is 3.01. The molecule has 0 spiro atoms. The van der Waals surface area contributed by atoms with E-state index in [9.17, 15) is 0 Å². The second kappa shape index (κ2) is 8.62. The minimum absolute atomic E-state index is 0.0189. The Morgan fingerprint density at radius 3 is 2.08 bits per heavy atom. The third-order valence-electron chi connectivity index (χ3n) is 4.54. The Hall–Kier alpha value is -2.41. The lowest BCUT2D eigenvalue weighted by molar-refractivity contribution is 0.737. The van der Waals surface area contributed by atoms with Crippen LogP contribution in [0.2, 0.25) is 0 Å². The van der Waals surface area contributed by atoms with Crippen molar-refractivity contribution in [2.45, 2.75) is 41.0 Å². The fraction of sp³-hybridized carbons (Fsp3) is 0.292. The molecule has 1 heteroatoms. The first-order valence-corrected chi connectivity index (χ1v) is 8.65. The molecule has 0 heterocycles. The third-order valence-corrected chi connectivity index (χ3v) is 4.54. The summed E-state index contributed by atoms with van der Waals surface area (Å²) >= 11 is 0. The van der Waals surface area contributed by atoms with Gasteiger partial charge in [-0.3, -0.25) is 5.41 Å². The first kappa shape index (κ1) is 20.6. The van der Waals surface area contributed by atoms with E-state index >= 15 is 0 Å². The predicted molar refractivity (Wildman–Crippen MR) is 113 cm³/mol. The van der Waals surface area contributed by atoms with E-state index in [4.69, 9.17) is 5.41 Å². The Morgan fingerprint density at radius 1 is 1.08 bits per heavy atom. The van der Waals surface area contributed by atoms with Crippen LogP contribution in [0.1, 0.15) is 41.0 Å². The molecule has 1 unspecified atom stereocenters. The van der Waals surface area contributed by atoms with Crippen molar-refractivity contribution in [3.05, 3.63) is 95.7 Å². The van der Waals surface area contributed by atoms with Crippen molar-refractivity contribution in [1.82, 2.24) is 0 Å². The topological polar surface area (TPSA) is 23.9 Å². The summed E-state index contributed by atoms with van der Waals surface area (Å²) in [5.74, 6) is 0. The van der Waals surface area contributed by atoms with Gasteiger partial charge >= 0.3 is 0 Å². The van der Waals surface area contributed by atoms with E-state index < -0.39 is 0 Å². The van der Waals surface area contributed by atoms with Crippen molar-refractivity contribution >= 4 is 5.71 Å². The van der Waals surface area contributed by atoms with Crippen molar-refractivity contribution in [2.24, 2.45) is 5.41 Å². The molecule has 132 valence electrons. The Balaban J connectivity index is 3.46. The van der Waals surface area contributed by atoms with E-state index in [0.717, 1.165) is 34.3 Å². The van der Waals surface area contributed by atoms with Gasteiger partial charge in [-0.1, -0.05) is 85.9 Å². The number of hydrogen-bond donors (Lipinski definition) is 1. The van der Waals surface area contributed by atoms with Crippen LogP contribution in [0.3, 0.4) is 0 Å². The van der Waals surface area contributed by atoms with Crippen LogP contribution in [-0.2, 0) is 0 Å². The largest absolute Gasteiger partial charge is 0.300 e. The van der Waals surface area contributed by atoms with E-state index in [1.165, 1.54) is 5.57 Å². The maximum absolute atomic E-state index is 8.87. The first-order chi connectivity index (χ1) is 11.7. The van der Waals surface area contributed by atoms with E-state index in [1.807, 2.05) is 51.2 Å². The van der Waals surface area contributed by atoms with Gasteiger partial charge in [0.05, 0.1) is 5.71 Å². The molecule has 1 fully saturated rings. The molecule has 1 aliphatic carbocycles. The van der Waals surface area contributed by atoms with Crippen LogP contribution in [0.15, 0.2) is 95.7 Å². The molecule has 25 heavy (non-hydrogen) atoms. The van der Waals surface area contributed by atoms with Crippen LogP contribution in [-0.4, -0.2) is 5.71 Å². The summed E-state index contributed by atoms with van der Waals surface area (Å²) in [7, 11) is 0. The maximum Gasteiger partial charge on any atom is 0.0686 e. The van der Waals surface area contributed by atoms with Crippen LogP contribution in [0.4, 0.5) is 0 Å². The molecule has 0 aromatic rings. The monoisotopic (exact) mass is 333 g/mol. The Morgan fingerprint density at radius 2 is 1.68 bits per heavy atom. The summed E-state index contributed by atoms with van der Waals surface area (Å²) in [4.78, 5) is 0. The molecule has 1 aliphatic rings. The van der Waals surface area contributed by atoms with Crippen LogP contribution in [0.25, 0.3) is 0 Å². The zero-order valence-electron chi connectivity index (χ0n) is 16.4. The lowest BCUT2D eigenvalue weighted by atomic mass is 9.83. The average Bonchev–Trinajstić information content (AvgIpc) is 3.22. The summed E-state index contributed by atoms with van der Waals surface area (Å²) in [5, 5.41) is 8.87. The minimum Gasteiger partial charge on any atom is -0.300 e. The van der Waals surface area contributed by atoms with Crippen molar-refractivity contribution in [3.63, 3.8) is 0 Å². The van der Waals surface area contributed by atoms with Crippen molar-refractivity contribution in [2.75, 3.05) is 0 Å².